The quantitative estimate of drug-likeness (QED) is 0.744. The average Bonchev–Trinajstić information content (AvgIpc) is 2.69. The van der Waals surface area contributed by atoms with E-state index >= 15 is 0 Å². The summed E-state index contributed by atoms with van der Waals surface area (Å²) in [6, 6.07) is 20.2. The molecule has 2 aromatic carbocycles. The van der Waals surface area contributed by atoms with E-state index in [1.807, 2.05) is 55.1 Å². The minimum absolute atomic E-state index is 0.288. The number of aryl methyl sites for hydroxylation is 1. The SMILES string of the molecule is CCN(c1ccccc1)c1nc(C)cc(C(=O)Nc2ccc(C#N)cc2)n1. The molecule has 134 valence electrons. The highest BCUT2D eigenvalue weighted by molar-refractivity contribution is 6.03. The molecule has 1 aromatic heterocycles. The number of nitrogens with one attached hydrogen (secondary N) is 1. The molecule has 0 spiro atoms. The van der Waals surface area contributed by atoms with Crippen molar-refractivity contribution in [3.63, 3.8) is 0 Å². The Bertz CT molecular complexity index is 978. The molecule has 0 saturated carbocycles. The van der Waals surface area contributed by atoms with E-state index in [4.69, 9.17) is 5.26 Å². The Morgan fingerprint density at radius 1 is 1.11 bits per heavy atom. The second-order valence-corrected chi connectivity index (χ2v) is 5.92. The van der Waals surface area contributed by atoms with Crippen LogP contribution >= 0.6 is 0 Å². The van der Waals surface area contributed by atoms with Gasteiger partial charge in [-0.2, -0.15) is 5.26 Å². The van der Waals surface area contributed by atoms with Gasteiger partial charge < -0.3 is 10.2 Å². The van der Waals surface area contributed by atoms with Gasteiger partial charge in [0.05, 0.1) is 11.6 Å². The van der Waals surface area contributed by atoms with Gasteiger partial charge in [0.2, 0.25) is 5.95 Å². The number of aromatic nitrogens is 2. The Morgan fingerprint density at radius 3 is 2.44 bits per heavy atom. The third-order valence-electron chi connectivity index (χ3n) is 3.97. The summed E-state index contributed by atoms with van der Waals surface area (Å²) >= 11 is 0. The number of benzene rings is 2. The third-order valence-corrected chi connectivity index (χ3v) is 3.97. The Kier molecular flexibility index (Phi) is 5.43. The first-order valence-corrected chi connectivity index (χ1v) is 8.60. The van der Waals surface area contributed by atoms with Crippen LogP contribution in [0.3, 0.4) is 0 Å². The van der Waals surface area contributed by atoms with Gasteiger partial charge in [0, 0.05) is 23.6 Å². The molecule has 6 nitrogen and oxygen atoms in total. The summed E-state index contributed by atoms with van der Waals surface area (Å²) in [5.41, 5.74) is 3.10. The van der Waals surface area contributed by atoms with Crippen molar-refractivity contribution in [2.75, 3.05) is 16.8 Å². The Hall–Kier alpha value is -3.72. The molecule has 6 heteroatoms. The van der Waals surface area contributed by atoms with Gasteiger partial charge in [-0.05, 0) is 56.3 Å². The Labute approximate surface area is 158 Å². The molecule has 1 N–H and O–H groups in total. The number of rotatable bonds is 5. The normalized spacial score (nSPS) is 10.1. The smallest absolute Gasteiger partial charge is 0.274 e. The summed E-state index contributed by atoms with van der Waals surface area (Å²) in [5.74, 6) is 0.157. The van der Waals surface area contributed by atoms with Crippen LogP contribution in [-0.4, -0.2) is 22.4 Å². The molecule has 0 bridgehead atoms. The molecule has 0 saturated heterocycles. The lowest BCUT2D eigenvalue weighted by atomic mass is 10.2. The molecule has 3 aromatic rings. The average molecular weight is 357 g/mol. The predicted octanol–water partition coefficient (Wildman–Crippen LogP) is 4.07. The number of carbonyl (C=O) groups excluding carboxylic acids is 1. The van der Waals surface area contributed by atoms with Crippen molar-refractivity contribution in [2.24, 2.45) is 0 Å². The van der Waals surface area contributed by atoms with Gasteiger partial charge in [0.25, 0.3) is 5.91 Å². The first-order valence-electron chi connectivity index (χ1n) is 8.60. The van der Waals surface area contributed by atoms with Crippen molar-refractivity contribution in [1.29, 1.82) is 5.26 Å². The van der Waals surface area contributed by atoms with Gasteiger partial charge in [0.15, 0.2) is 0 Å². The van der Waals surface area contributed by atoms with Gasteiger partial charge >= 0.3 is 0 Å². The fourth-order valence-electron chi connectivity index (χ4n) is 2.66. The van der Waals surface area contributed by atoms with Gasteiger partial charge in [-0.25, -0.2) is 9.97 Å². The highest BCUT2D eigenvalue weighted by atomic mass is 16.1. The number of hydrogen-bond donors (Lipinski definition) is 1. The summed E-state index contributed by atoms with van der Waals surface area (Å²) in [7, 11) is 0. The van der Waals surface area contributed by atoms with Crippen LogP contribution in [0.25, 0.3) is 0 Å². The zero-order valence-electron chi connectivity index (χ0n) is 15.2. The molecular formula is C21H19N5O. The van der Waals surface area contributed by atoms with E-state index in [0.717, 1.165) is 5.69 Å². The maximum absolute atomic E-state index is 12.6. The number of hydrogen-bond acceptors (Lipinski definition) is 5. The Morgan fingerprint density at radius 2 is 1.81 bits per heavy atom. The van der Waals surface area contributed by atoms with E-state index in [0.29, 0.717) is 29.4 Å². The second kappa shape index (κ2) is 8.11. The molecular weight excluding hydrogens is 338 g/mol. The lowest BCUT2D eigenvalue weighted by Crippen LogP contribution is -2.22. The zero-order chi connectivity index (χ0) is 19.2. The van der Waals surface area contributed by atoms with E-state index in [2.05, 4.69) is 15.3 Å². The standard InChI is InChI=1S/C21H19N5O/c1-3-26(18-7-5-4-6-8-18)21-23-15(2)13-19(25-21)20(27)24-17-11-9-16(14-22)10-12-17/h4-13H,3H2,1-2H3,(H,24,27). The number of nitriles is 1. The minimum Gasteiger partial charge on any atom is -0.321 e. The molecule has 1 heterocycles. The predicted molar refractivity (Wildman–Crippen MR) is 105 cm³/mol. The van der Waals surface area contributed by atoms with Crippen molar-refractivity contribution < 1.29 is 4.79 Å². The third kappa shape index (κ3) is 4.28. The second-order valence-electron chi connectivity index (χ2n) is 5.92. The van der Waals surface area contributed by atoms with E-state index < -0.39 is 0 Å². The van der Waals surface area contributed by atoms with E-state index in [1.165, 1.54) is 0 Å². The maximum Gasteiger partial charge on any atom is 0.274 e. The van der Waals surface area contributed by atoms with Crippen molar-refractivity contribution in [1.82, 2.24) is 9.97 Å². The van der Waals surface area contributed by atoms with Crippen LogP contribution in [0.15, 0.2) is 60.7 Å². The van der Waals surface area contributed by atoms with Crippen LogP contribution in [0.4, 0.5) is 17.3 Å². The molecule has 0 aliphatic heterocycles. The molecule has 0 unspecified atom stereocenters. The highest BCUT2D eigenvalue weighted by Gasteiger charge is 2.15. The molecule has 0 fully saturated rings. The molecule has 27 heavy (non-hydrogen) atoms. The highest BCUT2D eigenvalue weighted by Crippen LogP contribution is 2.22. The maximum atomic E-state index is 12.6. The number of nitrogens with zero attached hydrogens (tertiary/aromatic N) is 4. The van der Waals surface area contributed by atoms with Crippen LogP contribution in [0.1, 0.15) is 28.7 Å². The van der Waals surface area contributed by atoms with Crippen LogP contribution in [-0.2, 0) is 0 Å². The van der Waals surface area contributed by atoms with Crippen LogP contribution in [0.2, 0.25) is 0 Å². The van der Waals surface area contributed by atoms with Crippen LogP contribution in [0.5, 0.6) is 0 Å². The monoisotopic (exact) mass is 357 g/mol. The molecule has 0 radical (unpaired) electrons. The van der Waals surface area contributed by atoms with Crippen molar-refractivity contribution in [3.05, 3.63) is 77.6 Å². The summed E-state index contributed by atoms with van der Waals surface area (Å²) in [5, 5.41) is 11.7. The fourth-order valence-corrected chi connectivity index (χ4v) is 2.66. The van der Waals surface area contributed by atoms with Crippen molar-refractivity contribution >= 4 is 23.2 Å². The molecule has 0 aliphatic carbocycles. The summed E-state index contributed by atoms with van der Waals surface area (Å²) in [6.07, 6.45) is 0. The summed E-state index contributed by atoms with van der Waals surface area (Å²) in [4.78, 5) is 23.5. The lowest BCUT2D eigenvalue weighted by Gasteiger charge is -2.21. The topological polar surface area (TPSA) is 81.9 Å². The van der Waals surface area contributed by atoms with Gasteiger partial charge in [0.1, 0.15) is 5.69 Å². The lowest BCUT2D eigenvalue weighted by molar-refractivity contribution is 0.102. The van der Waals surface area contributed by atoms with Crippen molar-refractivity contribution in [2.45, 2.75) is 13.8 Å². The summed E-state index contributed by atoms with van der Waals surface area (Å²) < 4.78 is 0. The molecule has 0 atom stereocenters. The van der Waals surface area contributed by atoms with E-state index in [-0.39, 0.29) is 11.6 Å². The largest absolute Gasteiger partial charge is 0.321 e. The number of para-hydroxylation sites is 1. The van der Waals surface area contributed by atoms with Gasteiger partial charge in [-0.15, -0.1) is 0 Å². The Balaban J connectivity index is 1.87. The number of anilines is 3. The van der Waals surface area contributed by atoms with E-state index in [9.17, 15) is 4.79 Å². The summed E-state index contributed by atoms with van der Waals surface area (Å²) in [6.45, 7) is 4.52. The number of amides is 1. The van der Waals surface area contributed by atoms with Crippen LogP contribution in [0, 0.1) is 18.3 Å². The zero-order valence-corrected chi connectivity index (χ0v) is 15.2. The first kappa shape index (κ1) is 18.1. The first-order chi connectivity index (χ1) is 13.1. The van der Waals surface area contributed by atoms with Crippen molar-refractivity contribution in [3.8, 4) is 6.07 Å². The van der Waals surface area contributed by atoms with E-state index in [1.54, 1.807) is 30.3 Å². The minimum atomic E-state index is -0.324. The molecule has 1 amide bonds. The number of carbonyl (C=O) groups is 1. The molecule has 3 rings (SSSR count). The van der Waals surface area contributed by atoms with Gasteiger partial charge in [-0.1, -0.05) is 18.2 Å². The van der Waals surface area contributed by atoms with Crippen LogP contribution < -0.4 is 10.2 Å². The fraction of sp³-hybridized carbons (Fsp3) is 0.143. The van der Waals surface area contributed by atoms with Gasteiger partial charge in [-0.3, -0.25) is 4.79 Å². The molecule has 0 aliphatic rings.